The number of rotatable bonds is 8. The number of para-hydroxylation sites is 1. The normalized spacial score (nSPS) is 10.4. The molecule has 2 N–H and O–H groups in total. The molecule has 0 bridgehead atoms. The van der Waals surface area contributed by atoms with Crippen LogP contribution in [0.1, 0.15) is 28.6 Å². The van der Waals surface area contributed by atoms with E-state index in [4.69, 9.17) is 9.26 Å². The molecule has 0 fully saturated rings. The Labute approximate surface area is 179 Å². The van der Waals surface area contributed by atoms with Crippen LogP contribution in [0.3, 0.4) is 0 Å². The first kappa shape index (κ1) is 21.8. The van der Waals surface area contributed by atoms with Crippen molar-refractivity contribution < 1.29 is 23.6 Å². The van der Waals surface area contributed by atoms with Gasteiger partial charge in [-0.3, -0.25) is 9.59 Å². The van der Waals surface area contributed by atoms with E-state index in [9.17, 15) is 14.4 Å². The van der Waals surface area contributed by atoms with Gasteiger partial charge in [0.2, 0.25) is 5.91 Å². The van der Waals surface area contributed by atoms with Crippen molar-refractivity contribution in [2.24, 2.45) is 0 Å². The van der Waals surface area contributed by atoms with Gasteiger partial charge in [0.15, 0.2) is 6.61 Å². The molecule has 8 nitrogen and oxygen atoms in total. The number of carbonyl (C=O) groups is 3. The summed E-state index contributed by atoms with van der Waals surface area (Å²) < 4.78 is 10.2. The molecule has 3 rings (SSSR count). The third kappa shape index (κ3) is 5.57. The second-order valence-corrected chi connectivity index (χ2v) is 6.74. The summed E-state index contributed by atoms with van der Waals surface area (Å²) >= 11 is 0. The lowest BCUT2D eigenvalue weighted by Crippen LogP contribution is -2.35. The highest BCUT2D eigenvalue weighted by Gasteiger charge is 2.23. The van der Waals surface area contributed by atoms with Crippen LogP contribution in [-0.2, 0) is 20.7 Å². The third-order valence-electron chi connectivity index (χ3n) is 4.57. The fraction of sp³-hybridized carbons (Fsp3) is 0.217. The van der Waals surface area contributed by atoms with Crippen LogP contribution in [0.4, 0.5) is 5.69 Å². The Bertz CT molecular complexity index is 1080. The molecule has 3 aromatic rings. The number of anilines is 1. The zero-order valence-electron chi connectivity index (χ0n) is 17.3. The molecule has 0 aliphatic heterocycles. The lowest BCUT2D eigenvalue weighted by Gasteiger charge is -2.10. The van der Waals surface area contributed by atoms with Gasteiger partial charge in [0, 0.05) is 11.3 Å². The Hall–Kier alpha value is -3.94. The first-order valence-corrected chi connectivity index (χ1v) is 9.82. The third-order valence-corrected chi connectivity index (χ3v) is 4.57. The Kier molecular flexibility index (Phi) is 7.16. The number of aryl methyl sites for hydroxylation is 2. The van der Waals surface area contributed by atoms with Crippen molar-refractivity contribution in [3.8, 4) is 11.3 Å². The van der Waals surface area contributed by atoms with E-state index in [-0.39, 0.29) is 18.0 Å². The van der Waals surface area contributed by atoms with Gasteiger partial charge in [-0.2, -0.15) is 0 Å². The molecule has 0 saturated heterocycles. The van der Waals surface area contributed by atoms with Crippen molar-refractivity contribution in [1.82, 2.24) is 10.5 Å². The average molecular weight is 421 g/mol. The number of nitrogens with one attached hydrogen (secondary N) is 2. The molecule has 1 heterocycles. The molecule has 0 radical (unpaired) electrons. The number of carbonyl (C=O) groups excluding carboxylic acids is 3. The van der Waals surface area contributed by atoms with E-state index >= 15 is 0 Å². The fourth-order valence-corrected chi connectivity index (χ4v) is 2.98. The number of hydrogen-bond donors (Lipinski definition) is 2. The molecule has 0 aliphatic carbocycles. The number of esters is 1. The first-order chi connectivity index (χ1) is 15.0. The molecule has 0 aliphatic rings. The summed E-state index contributed by atoms with van der Waals surface area (Å²) in [6.45, 7) is 2.81. The number of nitrogens with zero attached hydrogens (tertiary/aromatic N) is 1. The fourth-order valence-electron chi connectivity index (χ4n) is 2.98. The molecule has 0 spiro atoms. The van der Waals surface area contributed by atoms with Gasteiger partial charge in [0.1, 0.15) is 17.0 Å². The topological polar surface area (TPSA) is 111 Å². The zero-order chi connectivity index (χ0) is 22.2. The molecule has 160 valence electrons. The second-order valence-electron chi connectivity index (χ2n) is 6.74. The van der Waals surface area contributed by atoms with E-state index < -0.39 is 18.5 Å². The number of hydrogen-bond acceptors (Lipinski definition) is 6. The molecule has 0 atom stereocenters. The lowest BCUT2D eigenvalue weighted by atomic mass is 10.1. The summed E-state index contributed by atoms with van der Waals surface area (Å²) in [5.41, 5.74) is 2.90. The predicted octanol–water partition coefficient (Wildman–Crippen LogP) is 3.12. The van der Waals surface area contributed by atoms with Crippen LogP contribution < -0.4 is 10.6 Å². The van der Waals surface area contributed by atoms with Gasteiger partial charge in [0.05, 0.1) is 6.54 Å². The largest absolute Gasteiger partial charge is 0.452 e. The minimum Gasteiger partial charge on any atom is -0.452 e. The smallest absolute Gasteiger partial charge is 0.344 e. The SMILES string of the molecule is CCc1ccccc1NC(=O)CNC(=O)COC(=O)c1c(-c2ccccc2)noc1C. The standard InChI is InChI=1S/C23H23N3O5/c1-3-16-9-7-8-12-18(16)25-19(27)13-24-20(28)14-30-23(29)21-15(2)31-26-22(21)17-10-5-4-6-11-17/h4-12H,3,13-14H2,1-2H3,(H,24,28)(H,25,27). The van der Waals surface area contributed by atoms with Crippen molar-refractivity contribution in [2.45, 2.75) is 20.3 Å². The van der Waals surface area contributed by atoms with E-state index in [1.54, 1.807) is 25.1 Å². The quantitative estimate of drug-likeness (QED) is 0.541. The maximum absolute atomic E-state index is 12.5. The Morgan fingerprint density at radius 1 is 1.00 bits per heavy atom. The van der Waals surface area contributed by atoms with Crippen molar-refractivity contribution >= 4 is 23.5 Å². The summed E-state index contributed by atoms with van der Waals surface area (Å²) in [5.74, 6) is -1.41. The van der Waals surface area contributed by atoms with E-state index in [2.05, 4.69) is 15.8 Å². The maximum Gasteiger partial charge on any atom is 0.344 e. The number of benzene rings is 2. The molecule has 2 aromatic carbocycles. The van der Waals surface area contributed by atoms with E-state index in [1.165, 1.54) is 0 Å². The van der Waals surface area contributed by atoms with Gasteiger partial charge in [-0.1, -0.05) is 60.6 Å². The molecular formula is C23H23N3O5. The Morgan fingerprint density at radius 2 is 1.71 bits per heavy atom. The molecule has 0 unspecified atom stereocenters. The molecule has 31 heavy (non-hydrogen) atoms. The number of ether oxygens (including phenoxy) is 1. The summed E-state index contributed by atoms with van der Waals surface area (Å²) in [6.07, 6.45) is 0.770. The van der Waals surface area contributed by atoms with Crippen molar-refractivity contribution in [3.05, 3.63) is 71.5 Å². The van der Waals surface area contributed by atoms with Gasteiger partial charge in [-0.15, -0.1) is 0 Å². The van der Waals surface area contributed by atoms with Crippen molar-refractivity contribution in [2.75, 3.05) is 18.5 Å². The predicted molar refractivity (Wildman–Crippen MR) is 114 cm³/mol. The lowest BCUT2D eigenvalue weighted by molar-refractivity contribution is -0.126. The molecule has 0 saturated carbocycles. The minimum atomic E-state index is -0.728. The van der Waals surface area contributed by atoms with Crippen LogP contribution in [0.5, 0.6) is 0 Å². The van der Waals surface area contributed by atoms with Gasteiger partial charge < -0.3 is 19.9 Å². The first-order valence-electron chi connectivity index (χ1n) is 9.82. The van der Waals surface area contributed by atoms with E-state index in [0.717, 1.165) is 12.0 Å². The van der Waals surface area contributed by atoms with Crippen molar-refractivity contribution in [1.29, 1.82) is 0 Å². The van der Waals surface area contributed by atoms with Gasteiger partial charge in [0.25, 0.3) is 5.91 Å². The highest BCUT2D eigenvalue weighted by atomic mass is 16.5. The highest BCUT2D eigenvalue weighted by Crippen LogP contribution is 2.25. The van der Waals surface area contributed by atoms with Gasteiger partial charge in [-0.25, -0.2) is 4.79 Å². The van der Waals surface area contributed by atoms with Crippen LogP contribution in [-0.4, -0.2) is 36.1 Å². The van der Waals surface area contributed by atoms with Crippen LogP contribution >= 0.6 is 0 Å². The Balaban J connectivity index is 1.52. The highest BCUT2D eigenvalue weighted by molar-refractivity contribution is 5.98. The monoisotopic (exact) mass is 421 g/mol. The van der Waals surface area contributed by atoms with Gasteiger partial charge in [-0.05, 0) is 25.0 Å². The summed E-state index contributed by atoms with van der Waals surface area (Å²) in [5, 5.41) is 9.11. The number of aromatic nitrogens is 1. The minimum absolute atomic E-state index is 0.160. The van der Waals surface area contributed by atoms with Crippen LogP contribution in [0.25, 0.3) is 11.3 Å². The van der Waals surface area contributed by atoms with E-state index in [0.29, 0.717) is 22.7 Å². The molecule has 2 amide bonds. The molecular weight excluding hydrogens is 398 g/mol. The van der Waals surface area contributed by atoms with E-state index in [1.807, 2.05) is 43.3 Å². The summed E-state index contributed by atoms with van der Waals surface area (Å²) in [4.78, 5) is 36.6. The average Bonchev–Trinajstić information content (AvgIpc) is 3.18. The molecule has 1 aromatic heterocycles. The summed E-state index contributed by atoms with van der Waals surface area (Å²) in [7, 11) is 0. The number of amides is 2. The van der Waals surface area contributed by atoms with Crippen molar-refractivity contribution in [3.63, 3.8) is 0 Å². The van der Waals surface area contributed by atoms with Crippen LogP contribution in [0, 0.1) is 6.92 Å². The van der Waals surface area contributed by atoms with Crippen LogP contribution in [0.15, 0.2) is 59.1 Å². The van der Waals surface area contributed by atoms with Gasteiger partial charge >= 0.3 is 5.97 Å². The Morgan fingerprint density at radius 3 is 2.45 bits per heavy atom. The summed E-state index contributed by atoms with van der Waals surface area (Å²) in [6, 6.07) is 16.5. The zero-order valence-corrected chi connectivity index (χ0v) is 17.3. The second kappa shape index (κ2) is 10.2. The molecule has 8 heteroatoms. The van der Waals surface area contributed by atoms with Crippen LogP contribution in [0.2, 0.25) is 0 Å². The maximum atomic E-state index is 12.5.